The maximum absolute atomic E-state index is 5.44. The Kier molecular flexibility index (Phi) is 6.75. The molecule has 5 heteroatoms. The standard InChI is InChI=1S/C16H28N2OS2/c1-16(2,3)8-7-9-17(4)12-13(15(21)14(12)20)18(5)10-11-19-6/h7-11H2,1-6H3. The second-order valence-corrected chi connectivity index (χ2v) is 7.67. The van der Waals surface area contributed by atoms with E-state index < -0.39 is 0 Å². The molecular formula is C16H28N2OS2. The Morgan fingerprint density at radius 2 is 1.43 bits per heavy atom. The number of methoxy groups -OCH3 is 1. The fourth-order valence-electron chi connectivity index (χ4n) is 2.37. The van der Waals surface area contributed by atoms with Crippen molar-refractivity contribution < 1.29 is 4.74 Å². The van der Waals surface area contributed by atoms with Gasteiger partial charge in [0.15, 0.2) is 0 Å². The van der Waals surface area contributed by atoms with Crippen molar-refractivity contribution >= 4 is 35.8 Å². The quantitative estimate of drug-likeness (QED) is 0.657. The van der Waals surface area contributed by atoms with Crippen LogP contribution in [0.2, 0.25) is 0 Å². The molecule has 0 aromatic heterocycles. The van der Waals surface area contributed by atoms with Crippen LogP contribution in [0, 0.1) is 14.4 Å². The summed E-state index contributed by atoms with van der Waals surface area (Å²) in [7, 11) is 5.87. The predicted molar refractivity (Wildman–Crippen MR) is 97.6 cm³/mol. The van der Waals surface area contributed by atoms with E-state index in [4.69, 9.17) is 29.2 Å². The molecule has 1 rings (SSSR count). The predicted octanol–water partition coefficient (Wildman–Crippen LogP) is 4.37. The maximum Gasteiger partial charge on any atom is 0.0834 e. The number of hydrogen-bond donors (Lipinski definition) is 0. The molecule has 0 saturated carbocycles. The van der Waals surface area contributed by atoms with Gasteiger partial charge in [-0.25, -0.2) is 0 Å². The topological polar surface area (TPSA) is 15.7 Å². The Morgan fingerprint density at radius 3 is 1.86 bits per heavy atom. The Bertz CT molecular complexity index is 527. The Balaban J connectivity index is 2.72. The smallest absolute Gasteiger partial charge is 0.0834 e. The molecule has 0 aliphatic heterocycles. The minimum Gasteiger partial charge on any atom is -0.383 e. The van der Waals surface area contributed by atoms with Crippen molar-refractivity contribution in [2.45, 2.75) is 33.6 Å². The summed E-state index contributed by atoms with van der Waals surface area (Å²) in [6.45, 7) is 9.36. The average molecular weight is 329 g/mol. The first-order chi connectivity index (χ1) is 9.69. The Labute approximate surface area is 139 Å². The number of anilines is 2. The normalized spacial score (nSPS) is 11.9. The van der Waals surface area contributed by atoms with E-state index in [-0.39, 0.29) is 0 Å². The van der Waals surface area contributed by atoms with Crippen LogP contribution in [0.3, 0.4) is 0 Å². The summed E-state index contributed by atoms with van der Waals surface area (Å²) in [6, 6.07) is 0. The molecule has 0 N–H and O–H groups in total. The molecule has 0 amide bonds. The van der Waals surface area contributed by atoms with Gasteiger partial charge in [-0.3, -0.25) is 0 Å². The molecule has 0 bridgehead atoms. The van der Waals surface area contributed by atoms with Crippen LogP contribution in [-0.4, -0.2) is 40.9 Å². The van der Waals surface area contributed by atoms with Gasteiger partial charge in [0.25, 0.3) is 0 Å². The molecule has 0 radical (unpaired) electrons. The molecule has 0 atom stereocenters. The third-order valence-electron chi connectivity index (χ3n) is 3.68. The van der Waals surface area contributed by atoms with Crippen LogP contribution in [0.1, 0.15) is 33.6 Å². The third-order valence-corrected chi connectivity index (χ3v) is 4.60. The van der Waals surface area contributed by atoms with Gasteiger partial charge in [0.05, 0.1) is 27.0 Å². The van der Waals surface area contributed by atoms with Crippen molar-refractivity contribution in [3.05, 3.63) is 9.02 Å². The summed E-state index contributed by atoms with van der Waals surface area (Å²) in [6.07, 6.45) is 2.37. The molecule has 0 aliphatic carbocycles. The van der Waals surface area contributed by atoms with Gasteiger partial charge in [0.2, 0.25) is 0 Å². The fourth-order valence-corrected chi connectivity index (χ4v) is 3.07. The third kappa shape index (κ3) is 5.01. The first-order valence-electron chi connectivity index (χ1n) is 7.43. The van der Waals surface area contributed by atoms with Gasteiger partial charge in [-0.2, -0.15) is 0 Å². The molecule has 1 aromatic rings. The van der Waals surface area contributed by atoms with Gasteiger partial charge in [-0.15, -0.1) is 0 Å². The fraction of sp³-hybridized carbons (Fsp3) is 0.750. The van der Waals surface area contributed by atoms with Crippen molar-refractivity contribution in [1.82, 2.24) is 0 Å². The van der Waals surface area contributed by atoms with Crippen LogP contribution in [0.5, 0.6) is 0 Å². The van der Waals surface area contributed by atoms with Crippen molar-refractivity contribution in [3.63, 3.8) is 0 Å². The number of ether oxygens (including phenoxy) is 1. The summed E-state index contributed by atoms with van der Waals surface area (Å²) in [5.41, 5.74) is 2.61. The molecule has 0 saturated heterocycles. The van der Waals surface area contributed by atoms with E-state index >= 15 is 0 Å². The van der Waals surface area contributed by atoms with Crippen molar-refractivity contribution in [1.29, 1.82) is 0 Å². The molecule has 0 fully saturated rings. The van der Waals surface area contributed by atoms with E-state index in [1.54, 1.807) is 7.11 Å². The van der Waals surface area contributed by atoms with Crippen LogP contribution in [0.15, 0.2) is 0 Å². The first-order valence-corrected chi connectivity index (χ1v) is 8.25. The lowest BCUT2D eigenvalue weighted by molar-refractivity contribution is 0.206. The number of nitrogens with zero attached hydrogens (tertiary/aromatic N) is 2. The molecule has 0 heterocycles. The zero-order valence-electron chi connectivity index (χ0n) is 14.2. The highest BCUT2D eigenvalue weighted by atomic mass is 32.1. The zero-order valence-corrected chi connectivity index (χ0v) is 15.8. The molecule has 0 spiro atoms. The molecular weight excluding hydrogens is 300 g/mol. The number of likely N-dealkylation sites (N-methyl/N-ethyl adjacent to an activating group) is 1. The van der Waals surface area contributed by atoms with E-state index in [1.165, 1.54) is 6.42 Å². The van der Waals surface area contributed by atoms with Gasteiger partial charge in [0, 0.05) is 34.3 Å². The lowest BCUT2D eigenvalue weighted by Gasteiger charge is -2.31. The Morgan fingerprint density at radius 1 is 0.952 bits per heavy atom. The summed E-state index contributed by atoms with van der Waals surface area (Å²) in [4.78, 5) is 4.40. The summed E-state index contributed by atoms with van der Waals surface area (Å²) >= 11 is 10.9. The van der Waals surface area contributed by atoms with Gasteiger partial charge in [-0.1, -0.05) is 45.2 Å². The first kappa shape index (κ1) is 18.5. The van der Waals surface area contributed by atoms with E-state index in [0.29, 0.717) is 12.0 Å². The second-order valence-electron chi connectivity index (χ2n) is 6.86. The number of rotatable bonds is 8. The lowest BCUT2D eigenvalue weighted by atomic mass is 9.90. The van der Waals surface area contributed by atoms with Crippen molar-refractivity contribution in [3.8, 4) is 0 Å². The average Bonchev–Trinajstić information content (AvgIpc) is 2.39. The van der Waals surface area contributed by atoms with Crippen LogP contribution >= 0.6 is 24.4 Å². The van der Waals surface area contributed by atoms with Crippen LogP contribution < -0.4 is 9.80 Å². The minimum absolute atomic E-state index is 0.378. The molecule has 1 aromatic carbocycles. The molecule has 0 unspecified atom stereocenters. The van der Waals surface area contributed by atoms with Crippen LogP contribution in [0.4, 0.5) is 11.4 Å². The van der Waals surface area contributed by atoms with Crippen molar-refractivity contribution in [2.75, 3.05) is 50.7 Å². The van der Waals surface area contributed by atoms with E-state index in [0.717, 1.165) is 39.9 Å². The second kappa shape index (κ2) is 7.65. The highest BCUT2D eigenvalue weighted by Gasteiger charge is 2.21. The SMILES string of the molecule is COCCN(C)c1c(N(C)CCCC(C)(C)C)c(=S)c1=S. The van der Waals surface area contributed by atoms with E-state index in [2.05, 4.69) is 37.6 Å². The summed E-state index contributed by atoms with van der Waals surface area (Å²) in [5, 5.41) is 0. The summed E-state index contributed by atoms with van der Waals surface area (Å²) in [5.74, 6) is 0. The zero-order chi connectivity index (χ0) is 16.2. The Hall–Kier alpha value is -0.520. The highest BCUT2D eigenvalue weighted by molar-refractivity contribution is 7.74. The molecule has 120 valence electrons. The van der Waals surface area contributed by atoms with Crippen LogP contribution in [0.25, 0.3) is 0 Å². The van der Waals surface area contributed by atoms with E-state index in [9.17, 15) is 0 Å². The van der Waals surface area contributed by atoms with Crippen LogP contribution in [-0.2, 0) is 4.74 Å². The molecule has 0 aliphatic rings. The van der Waals surface area contributed by atoms with Gasteiger partial charge in [0.1, 0.15) is 0 Å². The maximum atomic E-state index is 5.44. The molecule has 21 heavy (non-hydrogen) atoms. The lowest BCUT2D eigenvalue weighted by Crippen LogP contribution is -2.29. The minimum atomic E-state index is 0.378. The van der Waals surface area contributed by atoms with E-state index in [1.807, 2.05) is 7.05 Å². The monoisotopic (exact) mass is 328 g/mol. The van der Waals surface area contributed by atoms with Gasteiger partial charge in [-0.05, 0) is 18.3 Å². The highest BCUT2D eigenvalue weighted by Crippen LogP contribution is 2.38. The van der Waals surface area contributed by atoms with Gasteiger partial charge >= 0.3 is 0 Å². The van der Waals surface area contributed by atoms with Crippen molar-refractivity contribution in [2.24, 2.45) is 5.41 Å². The van der Waals surface area contributed by atoms with Gasteiger partial charge < -0.3 is 14.5 Å². The number of hydrogen-bond acceptors (Lipinski definition) is 5. The largest absolute Gasteiger partial charge is 0.383 e. The molecule has 3 nitrogen and oxygen atoms in total. The summed E-state index contributed by atoms with van der Waals surface area (Å²) < 4.78 is 6.79.